The molecule has 0 spiro atoms. The van der Waals surface area contributed by atoms with Gasteiger partial charge < -0.3 is 8.85 Å². The summed E-state index contributed by atoms with van der Waals surface area (Å²) in [6, 6.07) is 0. The Bertz CT molecular complexity index is 599. The van der Waals surface area contributed by atoms with Crippen LogP contribution in [0.5, 0.6) is 0 Å². The van der Waals surface area contributed by atoms with E-state index in [4.69, 9.17) is 8.85 Å². The van der Waals surface area contributed by atoms with Crippen LogP contribution < -0.4 is 0 Å². The zero-order chi connectivity index (χ0) is 33.0. The van der Waals surface area contributed by atoms with Crippen molar-refractivity contribution < 1.29 is 8.85 Å². The highest BCUT2D eigenvalue weighted by atomic mass is 28.4. The van der Waals surface area contributed by atoms with Gasteiger partial charge in [0.25, 0.3) is 0 Å². The number of hydrogen-bond donors (Lipinski definition) is 0. The normalized spacial score (nSPS) is 14.9. The maximum atomic E-state index is 7.15. The van der Waals surface area contributed by atoms with E-state index in [1.165, 1.54) is 116 Å². The Morgan fingerprint density at radius 2 is 0.744 bits per heavy atom. The molecule has 43 heavy (non-hydrogen) atoms. The lowest BCUT2D eigenvalue weighted by Crippen LogP contribution is -2.50. The van der Waals surface area contributed by atoms with Gasteiger partial charge in [0.1, 0.15) is 0 Å². The van der Waals surface area contributed by atoms with E-state index in [0.29, 0.717) is 12.2 Å². The lowest BCUT2D eigenvalue weighted by molar-refractivity contribution is 0.0716. The monoisotopic (exact) mass is 642 g/mol. The lowest BCUT2D eigenvalue weighted by atomic mass is 10.0. The van der Waals surface area contributed by atoms with Gasteiger partial charge in [-0.15, -0.1) is 0 Å². The maximum absolute atomic E-state index is 7.15. The first-order valence-corrected chi connectivity index (χ1v) is 24.9. The third kappa shape index (κ3) is 20.2. The summed E-state index contributed by atoms with van der Waals surface area (Å²) in [5.41, 5.74) is 0. The zero-order valence-electron chi connectivity index (χ0n) is 32.3. The van der Waals surface area contributed by atoms with Crippen LogP contribution in [0, 0.1) is 0 Å². The first-order chi connectivity index (χ1) is 20.0. The Balaban J connectivity index is 5.38. The third-order valence-electron chi connectivity index (χ3n) is 10.7. The van der Waals surface area contributed by atoms with Crippen LogP contribution in [0.2, 0.25) is 36.3 Å². The second-order valence-electron chi connectivity index (χ2n) is 16.9. The molecule has 0 aromatic rings. The number of rotatable bonds is 27. The van der Waals surface area contributed by atoms with Crippen molar-refractivity contribution in [1.82, 2.24) is 4.90 Å². The Kier molecular flexibility index (Phi) is 22.9. The predicted molar refractivity (Wildman–Crippen MR) is 201 cm³/mol. The van der Waals surface area contributed by atoms with E-state index >= 15 is 0 Å². The van der Waals surface area contributed by atoms with Crippen LogP contribution in [-0.2, 0) is 8.85 Å². The molecule has 0 aromatic heterocycles. The van der Waals surface area contributed by atoms with Crippen LogP contribution in [0.25, 0.3) is 0 Å². The van der Waals surface area contributed by atoms with E-state index in [1.807, 2.05) is 0 Å². The smallest absolute Gasteiger partial charge is 0.192 e. The van der Waals surface area contributed by atoms with Crippen molar-refractivity contribution in [3.63, 3.8) is 0 Å². The Morgan fingerprint density at radius 3 is 1.00 bits per heavy atom. The first-order valence-electron chi connectivity index (χ1n) is 19.1. The summed E-state index contributed by atoms with van der Waals surface area (Å²) in [6.45, 7) is 34.2. The highest BCUT2D eigenvalue weighted by molar-refractivity contribution is 6.74. The molecular weight excluding hydrogens is 559 g/mol. The minimum Gasteiger partial charge on any atom is -0.413 e. The molecule has 0 aliphatic heterocycles. The van der Waals surface area contributed by atoms with Gasteiger partial charge in [-0.1, -0.05) is 165 Å². The SMILES string of the molecule is CCCCCCCCCCC(CN(CC)CC(CCCCCCCCCC)O[Si](C)(C)C(C)(C)C)O[Si](C)(C)C(C)(C)C. The molecule has 0 bridgehead atoms. The molecule has 0 heterocycles. The molecule has 0 aliphatic rings. The second kappa shape index (κ2) is 22.8. The van der Waals surface area contributed by atoms with E-state index < -0.39 is 16.6 Å². The van der Waals surface area contributed by atoms with Crippen LogP contribution in [0.15, 0.2) is 0 Å². The fraction of sp³-hybridized carbons (Fsp3) is 1.00. The minimum absolute atomic E-state index is 0.242. The Morgan fingerprint density at radius 1 is 0.465 bits per heavy atom. The van der Waals surface area contributed by atoms with Crippen molar-refractivity contribution in [2.75, 3.05) is 19.6 Å². The molecule has 3 nitrogen and oxygen atoms in total. The molecule has 0 aliphatic carbocycles. The maximum Gasteiger partial charge on any atom is 0.192 e. The van der Waals surface area contributed by atoms with E-state index in [-0.39, 0.29) is 10.1 Å². The van der Waals surface area contributed by atoms with Crippen LogP contribution in [-0.4, -0.2) is 53.4 Å². The quantitative estimate of drug-likeness (QED) is 0.0658. The van der Waals surface area contributed by atoms with Crippen LogP contribution in [0.1, 0.15) is 178 Å². The van der Waals surface area contributed by atoms with Crippen molar-refractivity contribution in [1.29, 1.82) is 0 Å². The molecule has 2 atom stereocenters. The van der Waals surface area contributed by atoms with E-state index in [9.17, 15) is 0 Å². The molecule has 0 fully saturated rings. The Labute approximate surface area is 275 Å². The van der Waals surface area contributed by atoms with Gasteiger partial charge in [-0.25, -0.2) is 0 Å². The molecule has 0 saturated carbocycles. The van der Waals surface area contributed by atoms with Gasteiger partial charge in [-0.05, 0) is 55.7 Å². The summed E-state index contributed by atoms with van der Waals surface area (Å²) < 4.78 is 14.3. The predicted octanol–water partition coefficient (Wildman–Crippen LogP) is 13.2. The molecular formula is C38H83NO2Si2. The third-order valence-corrected chi connectivity index (χ3v) is 19.7. The summed E-state index contributed by atoms with van der Waals surface area (Å²) in [5.74, 6) is 0. The van der Waals surface area contributed by atoms with Crippen molar-refractivity contribution in [2.24, 2.45) is 0 Å². The van der Waals surface area contributed by atoms with Crippen molar-refractivity contribution in [3.05, 3.63) is 0 Å². The molecule has 0 aromatic carbocycles. The van der Waals surface area contributed by atoms with E-state index in [2.05, 4.69) is 93.4 Å². The molecule has 260 valence electrons. The van der Waals surface area contributed by atoms with Gasteiger partial charge in [0.15, 0.2) is 16.6 Å². The molecule has 0 N–H and O–H groups in total. The average Bonchev–Trinajstić information content (AvgIpc) is 2.89. The number of nitrogens with zero attached hydrogens (tertiary/aromatic N) is 1. The fourth-order valence-electron chi connectivity index (χ4n) is 5.48. The lowest BCUT2D eigenvalue weighted by Gasteiger charge is -2.42. The van der Waals surface area contributed by atoms with Crippen LogP contribution >= 0.6 is 0 Å². The zero-order valence-corrected chi connectivity index (χ0v) is 34.3. The topological polar surface area (TPSA) is 21.7 Å². The Hall–Kier alpha value is 0.314. The van der Waals surface area contributed by atoms with Gasteiger partial charge in [0.2, 0.25) is 0 Å². The largest absolute Gasteiger partial charge is 0.413 e. The number of likely N-dealkylation sites (N-methyl/N-ethyl adjacent to an activating group) is 1. The average molecular weight is 642 g/mol. The highest BCUT2D eigenvalue weighted by Crippen LogP contribution is 2.39. The van der Waals surface area contributed by atoms with Gasteiger partial charge in [0, 0.05) is 13.1 Å². The first kappa shape index (κ1) is 43.3. The van der Waals surface area contributed by atoms with E-state index in [0.717, 1.165) is 19.6 Å². The second-order valence-corrected chi connectivity index (χ2v) is 26.4. The number of hydrogen-bond acceptors (Lipinski definition) is 3. The van der Waals surface area contributed by atoms with Gasteiger partial charge in [0.05, 0.1) is 12.2 Å². The standard InChI is InChI=1S/C38H83NO2Si2/c1-14-17-19-21-23-25-27-29-31-35(40-42(10,11)37(4,5)6)33-39(16-3)34-36(41-43(12,13)38(7,8)9)32-30-28-26-24-22-20-18-15-2/h35-36H,14-34H2,1-13H3. The summed E-state index contributed by atoms with van der Waals surface area (Å²) in [4.78, 5) is 2.69. The van der Waals surface area contributed by atoms with Gasteiger partial charge in [-0.3, -0.25) is 4.90 Å². The molecule has 5 heteroatoms. The molecule has 2 unspecified atom stereocenters. The van der Waals surface area contributed by atoms with Crippen molar-refractivity contribution in [2.45, 2.75) is 226 Å². The summed E-state index contributed by atoms with van der Waals surface area (Å²) in [5, 5.41) is 0.484. The van der Waals surface area contributed by atoms with Gasteiger partial charge >= 0.3 is 0 Å². The molecule has 0 rings (SSSR count). The van der Waals surface area contributed by atoms with Gasteiger partial charge in [-0.2, -0.15) is 0 Å². The summed E-state index contributed by atoms with van der Waals surface area (Å²) in [6.07, 6.45) is 25.0. The van der Waals surface area contributed by atoms with Crippen molar-refractivity contribution in [3.8, 4) is 0 Å². The fourth-order valence-corrected chi connectivity index (χ4v) is 8.24. The minimum atomic E-state index is -1.83. The molecule has 0 radical (unpaired) electrons. The molecule has 0 amide bonds. The molecule has 0 saturated heterocycles. The summed E-state index contributed by atoms with van der Waals surface area (Å²) in [7, 11) is -3.67. The summed E-state index contributed by atoms with van der Waals surface area (Å²) >= 11 is 0. The number of unbranched alkanes of at least 4 members (excludes halogenated alkanes) is 14. The van der Waals surface area contributed by atoms with Crippen LogP contribution in [0.4, 0.5) is 0 Å². The van der Waals surface area contributed by atoms with E-state index in [1.54, 1.807) is 0 Å². The van der Waals surface area contributed by atoms with Crippen LogP contribution in [0.3, 0.4) is 0 Å². The highest BCUT2D eigenvalue weighted by Gasteiger charge is 2.41. The van der Waals surface area contributed by atoms with Crippen molar-refractivity contribution >= 4 is 16.6 Å².